The molecular weight excluding hydrogens is 160 g/mol. The fourth-order valence-electron chi connectivity index (χ4n) is 1.78. The maximum atomic E-state index is 5.84. The van der Waals surface area contributed by atoms with Crippen molar-refractivity contribution in [2.75, 3.05) is 6.54 Å². The molecule has 80 valence electrons. The van der Waals surface area contributed by atoms with Crippen molar-refractivity contribution in [2.45, 2.75) is 65.0 Å². The van der Waals surface area contributed by atoms with Crippen molar-refractivity contribution in [2.24, 2.45) is 5.73 Å². The van der Waals surface area contributed by atoms with Crippen LogP contribution in [0.15, 0.2) is 0 Å². The zero-order chi connectivity index (χ0) is 10.3. The molecule has 0 rings (SSSR count). The van der Waals surface area contributed by atoms with Crippen molar-refractivity contribution in [3.8, 4) is 0 Å². The van der Waals surface area contributed by atoms with Gasteiger partial charge in [0.05, 0.1) is 0 Å². The highest BCUT2D eigenvalue weighted by Crippen LogP contribution is 2.18. The number of nitrogens with two attached hydrogens (primary N) is 1. The van der Waals surface area contributed by atoms with Gasteiger partial charge in [0.1, 0.15) is 0 Å². The van der Waals surface area contributed by atoms with E-state index in [1.807, 2.05) is 0 Å². The topological polar surface area (TPSA) is 38.0 Å². The molecule has 2 nitrogen and oxygen atoms in total. The van der Waals surface area contributed by atoms with Gasteiger partial charge in [-0.25, -0.2) is 0 Å². The van der Waals surface area contributed by atoms with Crippen molar-refractivity contribution < 1.29 is 0 Å². The van der Waals surface area contributed by atoms with Crippen molar-refractivity contribution in [3.05, 3.63) is 0 Å². The Labute approximate surface area is 83.3 Å². The standard InChI is InChI=1S/C11H26N2/c1-5-7-8-11(6-2,9-12)13-10(3)4/h10,13H,5-9,12H2,1-4H3. The van der Waals surface area contributed by atoms with E-state index >= 15 is 0 Å². The van der Waals surface area contributed by atoms with Crippen LogP contribution < -0.4 is 11.1 Å². The van der Waals surface area contributed by atoms with Gasteiger partial charge in [-0.3, -0.25) is 0 Å². The van der Waals surface area contributed by atoms with Crippen LogP contribution in [0.4, 0.5) is 0 Å². The van der Waals surface area contributed by atoms with E-state index in [-0.39, 0.29) is 5.54 Å². The Morgan fingerprint density at radius 3 is 2.23 bits per heavy atom. The molecule has 3 N–H and O–H groups in total. The molecule has 1 atom stereocenters. The first-order chi connectivity index (χ1) is 6.10. The molecule has 0 heterocycles. The van der Waals surface area contributed by atoms with Crippen LogP contribution >= 0.6 is 0 Å². The van der Waals surface area contributed by atoms with Crippen LogP contribution in [0.5, 0.6) is 0 Å². The summed E-state index contributed by atoms with van der Waals surface area (Å²) in [6.07, 6.45) is 4.85. The molecule has 2 heteroatoms. The van der Waals surface area contributed by atoms with E-state index in [0.717, 1.165) is 13.0 Å². The molecule has 0 radical (unpaired) electrons. The lowest BCUT2D eigenvalue weighted by molar-refractivity contribution is 0.269. The predicted molar refractivity (Wildman–Crippen MR) is 59.9 cm³/mol. The van der Waals surface area contributed by atoms with Crippen LogP contribution in [-0.4, -0.2) is 18.1 Å². The van der Waals surface area contributed by atoms with Gasteiger partial charge in [0, 0.05) is 18.1 Å². The second-order valence-corrected chi connectivity index (χ2v) is 4.24. The van der Waals surface area contributed by atoms with Gasteiger partial charge in [-0.15, -0.1) is 0 Å². The molecule has 13 heavy (non-hydrogen) atoms. The average Bonchev–Trinajstić information content (AvgIpc) is 2.12. The fourth-order valence-corrected chi connectivity index (χ4v) is 1.78. The molecule has 0 aromatic carbocycles. The third-order valence-electron chi connectivity index (χ3n) is 2.67. The predicted octanol–water partition coefficient (Wildman–Crippen LogP) is 2.28. The minimum Gasteiger partial charge on any atom is -0.329 e. The molecule has 0 aliphatic rings. The first kappa shape index (κ1) is 12.9. The Balaban J connectivity index is 4.13. The Hall–Kier alpha value is -0.0800. The van der Waals surface area contributed by atoms with E-state index in [1.165, 1.54) is 19.3 Å². The lowest BCUT2D eigenvalue weighted by atomic mass is 9.89. The molecule has 0 aromatic heterocycles. The van der Waals surface area contributed by atoms with Crippen LogP contribution in [0.25, 0.3) is 0 Å². The van der Waals surface area contributed by atoms with E-state index in [2.05, 4.69) is 33.0 Å². The van der Waals surface area contributed by atoms with E-state index in [9.17, 15) is 0 Å². The highest BCUT2D eigenvalue weighted by Gasteiger charge is 2.25. The molecule has 0 aliphatic heterocycles. The monoisotopic (exact) mass is 186 g/mol. The smallest absolute Gasteiger partial charge is 0.0303 e. The lowest BCUT2D eigenvalue weighted by Gasteiger charge is -2.35. The van der Waals surface area contributed by atoms with Gasteiger partial charge in [0.15, 0.2) is 0 Å². The first-order valence-corrected chi connectivity index (χ1v) is 5.58. The molecule has 0 fully saturated rings. The Morgan fingerprint density at radius 1 is 1.31 bits per heavy atom. The summed E-state index contributed by atoms with van der Waals surface area (Å²) in [6.45, 7) is 9.57. The summed E-state index contributed by atoms with van der Waals surface area (Å²) in [5, 5.41) is 3.60. The lowest BCUT2D eigenvalue weighted by Crippen LogP contribution is -2.53. The van der Waals surface area contributed by atoms with Crippen molar-refractivity contribution in [1.82, 2.24) is 5.32 Å². The Kier molecular flexibility index (Phi) is 6.35. The molecular formula is C11H26N2. The van der Waals surface area contributed by atoms with Crippen LogP contribution in [0.2, 0.25) is 0 Å². The van der Waals surface area contributed by atoms with Crippen molar-refractivity contribution in [1.29, 1.82) is 0 Å². The van der Waals surface area contributed by atoms with Crippen molar-refractivity contribution in [3.63, 3.8) is 0 Å². The average molecular weight is 186 g/mol. The number of unbranched alkanes of at least 4 members (excludes halogenated alkanes) is 1. The number of hydrogen-bond donors (Lipinski definition) is 2. The maximum Gasteiger partial charge on any atom is 0.0303 e. The second kappa shape index (κ2) is 6.39. The maximum absolute atomic E-state index is 5.84. The summed E-state index contributed by atoms with van der Waals surface area (Å²) in [5.41, 5.74) is 6.03. The summed E-state index contributed by atoms with van der Waals surface area (Å²) < 4.78 is 0. The normalized spacial score (nSPS) is 16.2. The molecule has 0 spiro atoms. The molecule has 0 bridgehead atoms. The van der Waals surface area contributed by atoms with Gasteiger partial charge in [-0.2, -0.15) is 0 Å². The summed E-state index contributed by atoms with van der Waals surface area (Å²) >= 11 is 0. The van der Waals surface area contributed by atoms with Crippen LogP contribution in [0.3, 0.4) is 0 Å². The third-order valence-corrected chi connectivity index (χ3v) is 2.67. The fraction of sp³-hybridized carbons (Fsp3) is 1.00. The van der Waals surface area contributed by atoms with Gasteiger partial charge in [0.25, 0.3) is 0 Å². The summed E-state index contributed by atoms with van der Waals surface area (Å²) in [4.78, 5) is 0. The zero-order valence-electron chi connectivity index (χ0n) is 9.69. The molecule has 1 unspecified atom stereocenters. The van der Waals surface area contributed by atoms with E-state index in [1.54, 1.807) is 0 Å². The molecule has 0 saturated heterocycles. The minimum atomic E-state index is 0.185. The van der Waals surface area contributed by atoms with E-state index in [0.29, 0.717) is 6.04 Å². The van der Waals surface area contributed by atoms with Gasteiger partial charge in [0.2, 0.25) is 0 Å². The van der Waals surface area contributed by atoms with Crippen LogP contribution in [0, 0.1) is 0 Å². The summed E-state index contributed by atoms with van der Waals surface area (Å²) in [7, 11) is 0. The molecule has 0 amide bonds. The van der Waals surface area contributed by atoms with Gasteiger partial charge < -0.3 is 11.1 Å². The van der Waals surface area contributed by atoms with Gasteiger partial charge in [-0.1, -0.05) is 40.5 Å². The third kappa shape index (κ3) is 4.63. The highest BCUT2D eigenvalue weighted by atomic mass is 15.0. The van der Waals surface area contributed by atoms with E-state index in [4.69, 9.17) is 5.73 Å². The SMILES string of the molecule is CCCCC(CC)(CN)NC(C)C. The second-order valence-electron chi connectivity index (χ2n) is 4.24. The first-order valence-electron chi connectivity index (χ1n) is 5.58. The number of rotatable bonds is 7. The largest absolute Gasteiger partial charge is 0.329 e. The Morgan fingerprint density at radius 2 is 1.92 bits per heavy atom. The number of nitrogens with one attached hydrogen (secondary N) is 1. The molecule has 0 saturated carbocycles. The van der Waals surface area contributed by atoms with Crippen LogP contribution in [0.1, 0.15) is 53.4 Å². The van der Waals surface area contributed by atoms with E-state index < -0.39 is 0 Å². The summed E-state index contributed by atoms with van der Waals surface area (Å²) in [6, 6.07) is 0.528. The molecule has 0 aliphatic carbocycles. The highest BCUT2D eigenvalue weighted by molar-refractivity contribution is 4.88. The van der Waals surface area contributed by atoms with Crippen LogP contribution in [-0.2, 0) is 0 Å². The zero-order valence-corrected chi connectivity index (χ0v) is 9.69. The minimum absolute atomic E-state index is 0.185. The quantitative estimate of drug-likeness (QED) is 0.640. The Bertz CT molecular complexity index is 117. The van der Waals surface area contributed by atoms with Gasteiger partial charge in [-0.05, 0) is 12.8 Å². The summed E-state index contributed by atoms with van der Waals surface area (Å²) in [5.74, 6) is 0. The van der Waals surface area contributed by atoms with Crippen molar-refractivity contribution >= 4 is 0 Å². The number of hydrogen-bond acceptors (Lipinski definition) is 2. The van der Waals surface area contributed by atoms with Gasteiger partial charge >= 0.3 is 0 Å². The molecule has 0 aromatic rings.